The lowest BCUT2D eigenvalue weighted by molar-refractivity contribution is 0.191. The highest BCUT2D eigenvalue weighted by Crippen LogP contribution is 1.88. The van der Waals surface area contributed by atoms with Crippen LogP contribution in [0.1, 0.15) is 12.6 Å². The molecule has 4 nitrogen and oxygen atoms in total. The first-order valence-electron chi connectivity index (χ1n) is 3.65. The summed E-state index contributed by atoms with van der Waals surface area (Å²) in [4.78, 5) is 6.82. The Kier molecular flexibility index (Phi) is 3.07. The van der Waals surface area contributed by atoms with Crippen LogP contribution < -0.4 is 5.32 Å². The number of aromatic nitrogens is 2. The van der Waals surface area contributed by atoms with Crippen LogP contribution in [0.15, 0.2) is 12.5 Å². The maximum Gasteiger partial charge on any atom is 0.0922 e. The molecule has 1 aromatic rings. The highest BCUT2D eigenvalue weighted by molar-refractivity contribution is 4.92. The Morgan fingerprint density at radius 2 is 2.64 bits per heavy atom. The van der Waals surface area contributed by atoms with Gasteiger partial charge in [0.25, 0.3) is 0 Å². The summed E-state index contributed by atoms with van der Waals surface area (Å²) in [6, 6.07) is 0. The number of imidazole rings is 1. The van der Waals surface area contributed by atoms with Crippen molar-refractivity contribution in [2.75, 3.05) is 6.54 Å². The molecule has 62 valence electrons. The summed E-state index contributed by atoms with van der Waals surface area (Å²) in [6.07, 6.45) is 3.10. The fourth-order valence-corrected chi connectivity index (χ4v) is 0.797. The smallest absolute Gasteiger partial charge is 0.0922 e. The fraction of sp³-hybridized carbons (Fsp3) is 0.571. The summed E-state index contributed by atoms with van der Waals surface area (Å²) < 4.78 is 0. The second kappa shape index (κ2) is 4.10. The van der Waals surface area contributed by atoms with Gasteiger partial charge in [0.05, 0.1) is 12.4 Å². The Bertz CT molecular complexity index is 184. The maximum absolute atomic E-state index is 8.89. The quantitative estimate of drug-likeness (QED) is 0.568. The number of H-pyrrole nitrogens is 1. The second-order valence-electron chi connectivity index (χ2n) is 2.56. The van der Waals surface area contributed by atoms with Crippen molar-refractivity contribution in [1.82, 2.24) is 15.3 Å². The number of aromatic amines is 1. The molecule has 0 aliphatic rings. The molecule has 1 aromatic heterocycles. The van der Waals surface area contributed by atoms with Gasteiger partial charge in [-0.1, -0.05) is 0 Å². The van der Waals surface area contributed by atoms with E-state index >= 15 is 0 Å². The minimum absolute atomic E-state index is 0.294. The van der Waals surface area contributed by atoms with Gasteiger partial charge in [0.2, 0.25) is 0 Å². The van der Waals surface area contributed by atoms with Crippen LogP contribution in [0.25, 0.3) is 0 Å². The van der Waals surface area contributed by atoms with Crippen LogP contribution >= 0.6 is 0 Å². The minimum Gasteiger partial charge on any atom is -0.392 e. The molecule has 3 N–H and O–H groups in total. The van der Waals surface area contributed by atoms with Crippen LogP contribution in [0.2, 0.25) is 0 Å². The normalized spacial score (nSPS) is 13.3. The van der Waals surface area contributed by atoms with Crippen molar-refractivity contribution in [3.8, 4) is 0 Å². The van der Waals surface area contributed by atoms with Crippen LogP contribution in [-0.2, 0) is 6.54 Å². The van der Waals surface area contributed by atoms with Crippen molar-refractivity contribution in [2.45, 2.75) is 19.6 Å². The zero-order valence-corrected chi connectivity index (χ0v) is 6.54. The van der Waals surface area contributed by atoms with E-state index in [1.807, 2.05) is 0 Å². The van der Waals surface area contributed by atoms with E-state index in [0.29, 0.717) is 6.54 Å². The first-order chi connectivity index (χ1) is 5.29. The standard InChI is InChI=1S/C7H13N3O/c1-6(11)2-8-3-7-4-9-5-10-7/h4-6,8,11H,2-3H2,1H3,(H,9,10). The summed E-state index contributed by atoms with van der Waals surface area (Å²) in [7, 11) is 0. The molecule has 0 spiro atoms. The van der Waals surface area contributed by atoms with Gasteiger partial charge < -0.3 is 15.4 Å². The van der Waals surface area contributed by atoms with Crippen molar-refractivity contribution in [2.24, 2.45) is 0 Å². The third kappa shape index (κ3) is 3.15. The van der Waals surface area contributed by atoms with Gasteiger partial charge in [-0.05, 0) is 6.92 Å². The van der Waals surface area contributed by atoms with E-state index in [2.05, 4.69) is 15.3 Å². The maximum atomic E-state index is 8.89. The van der Waals surface area contributed by atoms with Gasteiger partial charge in [-0.15, -0.1) is 0 Å². The van der Waals surface area contributed by atoms with E-state index in [9.17, 15) is 0 Å². The molecule has 1 unspecified atom stereocenters. The molecule has 11 heavy (non-hydrogen) atoms. The average molecular weight is 155 g/mol. The first-order valence-corrected chi connectivity index (χ1v) is 3.65. The lowest BCUT2D eigenvalue weighted by Crippen LogP contribution is -2.23. The highest BCUT2D eigenvalue weighted by Gasteiger charge is 1.95. The second-order valence-corrected chi connectivity index (χ2v) is 2.56. The Labute approximate surface area is 65.7 Å². The van der Waals surface area contributed by atoms with E-state index in [1.165, 1.54) is 0 Å². The molecule has 4 heteroatoms. The predicted octanol–water partition coefficient (Wildman–Crippen LogP) is -0.120. The Morgan fingerprint density at radius 1 is 1.82 bits per heavy atom. The molecule has 0 aromatic carbocycles. The van der Waals surface area contributed by atoms with Crippen LogP contribution in [0, 0.1) is 0 Å². The molecule has 0 saturated heterocycles. The van der Waals surface area contributed by atoms with Crippen molar-refractivity contribution < 1.29 is 5.11 Å². The molecule has 0 aliphatic heterocycles. The highest BCUT2D eigenvalue weighted by atomic mass is 16.3. The molecule has 0 saturated carbocycles. The van der Waals surface area contributed by atoms with Gasteiger partial charge in [-0.3, -0.25) is 0 Å². The van der Waals surface area contributed by atoms with Crippen LogP contribution in [0.3, 0.4) is 0 Å². The largest absolute Gasteiger partial charge is 0.392 e. The number of rotatable bonds is 4. The molecular weight excluding hydrogens is 142 g/mol. The van der Waals surface area contributed by atoms with Crippen molar-refractivity contribution in [3.05, 3.63) is 18.2 Å². The Balaban J connectivity index is 2.14. The Hall–Kier alpha value is -0.870. The number of hydrogen-bond acceptors (Lipinski definition) is 3. The molecule has 1 atom stereocenters. The summed E-state index contributed by atoms with van der Waals surface area (Å²) in [5, 5.41) is 12.0. The third-order valence-corrected chi connectivity index (χ3v) is 1.31. The SMILES string of the molecule is CC(O)CNCc1cnc[nH]1. The van der Waals surface area contributed by atoms with Gasteiger partial charge in [0.15, 0.2) is 0 Å². The van der Waals surface area contributed by atoms with Crippen LogP contribution in [0.5, 0.6) is 0 Å². The molecule has 0 fully saturated rings. The van der Waals surface area contributed by atoms with Crippen molar-refractivity contribution >= 4 is 0 Å². The lowest BCUT2D eigenvalue weighted by Gasteiger charge is -2.04. The number of hydrogen-bond donors (Lipinski definition) is 3. The summed E-state index contributed by atoms with van der Waals surface area (Å²) >= 11 is 0. The van der Waals surface area contributed by atoms with E-state index in [0.717, 1.165) is 12.2 Å². The molecule has 0 amide bonds. The number of aliphatic hydroxyl groups excluding tert-OH is 1. The summed E-state index contributed by atoms with van der Waals surface area (Å²) in [6.45, 7) is 3.09. The number of aliphatic hydroxyl groups is 1. The van der Waals surface area contributed by atoms with Gasteiger partial charge in [0, 0.05) is 25.0 Å². The summed E-state index contributed by atoms with van der Waals surface area (Å²) in [5.74, 6) is 0. The van der Waals surface area contributed by atoms with Gasteiger partial charge in [-0.25, -0.2) is 4.98 Å². The first kappa shape index (κ1) is 8.23. The molecule has 0 aliphatic carbocycles. The zero-order valence-electron chi connectivity index (χ0n) is 6.54. The molecule has 1 heterocycles. The number of nitrogens with one attached hydrogen (secondary N) is 2. The monoisotopic (exact) mass is 155 g/mol. The topological polar surface area (TPSA) is 60.9 Å². The molecule has 1 rings (SSSR count). The zero-order chi connectivity index (χ0) is 8.10. The van der Waals surface area contributed by atoms with Gasteiger partial charge in [-0.2, -0.15) is 0 Å². The molecule has 0 bridgehead atoms. The van der Waals surface area contributed by atoms with Gasteiger partial charge >= 0.3 is 0 Å². The molecular formula is C7H13N3O. The lowest BCUT2D eigenvalue weighted by atomic mass is 10.4. The minimum atomic E-state index is -0.294. The van der Waals surface area contributed by atoms with E-state index in [4.69, 9.17) is 5.11 Å². The van der Waals surface area contributed by atoms with E-state index in [-0.39, 0.29) is 6.10 Å². The van der Waals surface area contributed by atoms with Crippen molar-refractivity contribution in [1.29, 1.82) is 0 Å². The van der Waals surface area contributed by atoms with Crippen LogP contribution in [0.4, 0.5) is 0 Å². The van der Waals surface area contributed by atoms with E-state index < -0.39 is 0 Å². The van der Waals surface area contributed by atoms with Crippen molar-refractivity contribution in [3.63, 3.8) is 0 Å². The fourth-order valence-electron chi connectivity index (χ4n) is 0.797. The van der Waals surface area contributed by atoms with E-state index in [1.54, 1.807) is 19.4 Å². The van der Waals surface area contributed by atoms with Gasteiger partial charge in [0.1, 0.15) is 0 Å². The molecule has 0 radical (unpaired) electrons. The summed E-state index contributed by atoms with van der Waals surface area (Å²) in [5.41, 5.74) is 1.03. The average Bonchev–Trinajstić information content (AvgIpc) is 2.39. The third-order valence-electron chi connectivity index (χ3n) is 1.31. The number of nitrogens with zero attached hydrogens (tertiary/aromatic N) is 1. The predicted molar refractivity (Wildman–Crippen MR) is 42.0 cm³/mol. The van der Waals surface area contributed by atoms with Crippen LogP contribution in [-0.4, -0.2) is 27.7 Å². The Morgan fingerprint density at radius 3 is 3.18 bits per heavy atom.